The van der Waals surface area contributed by atoms with E-state index in [1.807, 2.05) is 12.1 Å². The van der Waals surface area contributed by atoms with Crippen LogP contribution >= 0.6 is 0 Å². The summed E-state index contributed by atoms with van der Waals surface area (Å²) in [5, 5.41) is 9.23. The van der Waals surface area contributed by atoms with E-state index in [0.29, 0.717) is 38.2 Å². The van der Waals surface area contributed by atoms with Crippen molar-refractivity contribution < 1.29 is 24.2 Å². The van der Waals surface area contributed by atoms with Crippen LogP contribution in [0.1, 0.15) is 36.5 Å². The van der Waals surface area contributed by atoms with Gasteiger partial charge in [-0.2, -0.15) is 0 Å². The molecule has 2 aliphatic heterocycles. The van der Waals surface area contributed by atoms with Crippen molar-refractivity contribution in [2.45, 2.75) is 32.2 Å². The number of piperazine rings is 1. The Balaban J connectivity index is 1.35. The van der Waals surface area contributed by atoms with E-state index in [4.69, 9.17) is 4.74 Å². The van der Waals surface area contributed by atoms with Gasteiger partial charge in [0.05, 0.1) is 6.61 Å². The number of rotatable bonds is 7. The number of amides is 2. The van der Waals surface area contributed by atoms with Gasteiger partial charge in [-0.05, 0) is 50.5 Å². The largest absolute Gasteiger partial charge is 0.494 e. The SMILES string of the molecule is CC(=O)c1ccc(OCCCN2CCN(C(=O)[C@H]3CCCN3C(=O)O)CC2)cc1. The van der Waals surface area contributed by atoms with E-state index < -0.39 is 12.1 Å². The van der Waals surface area contributed by atoms with Crippen LogP contribution in [-0.2, 0) is 4.79 Å². The van der Waals surface area contributed by atoms with Crippen LogP contribution < -0.4 is 4.74 Å². The number of benzene rings is 1. The van der Waals surface area contributed by atoms with Crippen LogP contribution in [0.3, 0.4) is 0 Å². The second-order valence-electron chi connectivity index (χ2n) is 7.58. The lowest BCUT2D eigenvalue weighted by Crippen LogP contribution is -2.54. The normalized spacial score (nSPS) is 20.0. The Labute approximate surface area is 171 Å². The third-order valence-corrected chi connectivity index (χ3v) is 5.62. The number of nitrogens with zero attached hydrogens (tertiary/aromatic N) is 3. The first-order valence-corrected chi connectivity index (χ1v) is 10.2. The molecule has 0 saturated carbocycles. The molecule has 1 aromatic carbocycles. The number of likely N-dealkylation sites (tertiary alicyclic amines) is 1. The zero-order valence-corrected chi connectivity index (χ0v) is 16.9. The highest BCUT2D eigenvalue weighted by molar-refractivity contribution is 5.94. The van der Waals surface area contributed by atoms with Gasteiger partial charge in [-0.1, -0.05) is 0 Å². The minimum atomic E-state index is -1.00. The molecule has 2 heterocycles. The molecule has 0 aliphatic carbocycles. The van der Waals surface area contributed by atoms with E-state index in [0.717, 1.165) is 38.2 Å². The molecular weight excluding hydrogens is 374 g/mol. The maximum Gasteiger partial charge on any atom is 0.407 e. The molecule has 8 nitrogen and oxygen atoms in total. The molecule has 8 heteroatoms. The molecule has 1 atom stereocenters. The van der Waals surface area contributed by atoms with Crippen LogP contribution in [-0.4, -0.2) is 89.5 Å². The summed E-state index contributed by atoms with van der Waals surface area (Å²) in [6, 6.07) is 6.64. The van der Waals surface area contributed by atoms with Gasteiger partial charge in [-0.3, -0.25) is 19.4 Å². The molecule has 2 aliphatic rings. The van der Waals surface area contributed by atoms with Crippen LogP contribution in [0.25, 0.3) is 0 Å². The predicted octanol–water partition coefficient (Wildman–Crippen LogP) is 1.94. The number of Topliss-reactive ketones (excluding diaryl/α,β-unsaturated/α-hetero) is 1. The molecule has 0 aromatic heterocycles. The fourth-order valence-electron chi connectivity index (χ4n) is 3.92. The summed E-state index contributed by atoms with van der Waals surface area (Å²) in [6.45, 7) is 6.32. The van der Waals surface area contributed by atoms with Gasteiger partial charge in [0.25, 0.3) is 0 Å². The molecule has 0 bridgehead atoms. The molecule has 1 N–H and O–H groups in total. The summed E-state index contributed by atoms with van der Waals surface area (Å²) in [5.74, 6) is 0.740. The molecule has 3 rings (SSSR count). The van der Waals surface area contributed by atoms with Crippen molar-refractivity contribution in [3.63, 3.8) is 0 Å². The van der Waals surface area contributed by atoms with Crippen molar-refractivity contribution in [3.8, 4) is 5.75 Å². The van der Waals surface area contributed by atoms with Crippen molar-refractivity contribution >= 4 is 17.8 Å². The monoisotopic (exact) mass is 403 g/mol. The molecule has 0 radical (unpaired) electrons. The summed E-state index contributed by atoms with van der Waals surface area (Å²) in [7, 11) is 0. The molecule has 1 aromatic rings. The van der Waals surface area contributed by atoms with Gasteiger partial charge >= 0.3 is 6.09 Å². The zero-order chi connectivity index (χ0) is 20.8. The highest BCUT2D eigenvalue weighted by Gasteiger charge is 2.37. The van der Waals surface area contributed by atoms with Crippen LogP contribution in [0.2, 0.25) is 0 Å². The Morgan fingerprint density at radius 2 is 1.76 bits per heavy atom. The Bertz CT molecular complexity index is 728. The first-order chi connectivity index (χ1) is 14.0. The van der Waals surface area contributed by atoms with Crippen molar-refractivity contribution in [3.05, 3.63) is 29.8 Å². The van der Waals surface area contributed by atoms with E-state index in [1.54, 1.807) is 24.0 Å². The lowest BCUT2D eigenvalue weighted by Gasteiger charge is -2.36. The molecule has 2 amide bonds. The van der Waals surface area contributed by atoms with Crippen molar-refractivity contribution in [1.82, 2.24) is 14.7 Å². The fourth-order valence-corrected chi connectivity index (χ4v) is 3.92. The lowest BCUT2D eigenvalue weighted by atomic mass is 10.1. The van der Waals surface area contributed by atoms with E-state index in [9.17, 15) is 19.5 Å². The summed E-state index contributed by atoms with van der Waals surface area (Å²) in [5.41, 5.74) is 0.675. The summed E-state index contributed by atoms with van der Waals surface area (Å²) in [6.07, 6.45) is 1.24. The Kier molecular flexibility index (Phi) is 7.09. The van der Waals surface area contributed by atoms with Crippen molar-refractivity contribution in [2.75, 3.05) is 45.9 Å². The topological polar surface area (TPSA) is 90.4 Å². The summed E-state index contributed by atoms with van der Waals surface area (Å²) >= 11 is 0. The van der Waals surface area contributed by atoms with Gasteiger partial charge in [0, 0.05) is 44.8 Å². The van der Waals surface area contributed by atoms with Gasteiger partial charge in [0.15, 0.2) is 5.78 Å². The van der Waals surface area contributed by atoms with Crippen LogP contribution in [0.4, 0.5) is 4.79 Å². The minimum Gasteiger partial charge on any atom is -0.494 e. The summed E-state index contributed by atoms with van der Waals surface area (Å²) in [4.78, 5) is 40.6. The fraction of sp³-hybridized carbons (Fsp3) is 0.571. The third-order valence-electron chi connectivity index (χ3n) is 5.62. The quantitative estimate of drug-likeness (QED) is 0.553. The number of carboxylic acid groups (broad SMARTS) is 1. The smallest absolute Gasteiger partial charge is 0.407 e. The van der Waals surface area contributed by atoms with E-state index >= 15 is 0 Å². The molecule has 0 unspecified atom stereocenters. The van der Waals surface area contributed by atoms with Gasteiger partial charge in [0.2, 0.25) is 5.91 Å². The standard InChI is InChI=1S/C21H29N3O5/c1-16(25)17-5-7-18(8-6-17)29-15-3-9-22-11-13-23(14-12-22)20(26)19-4-2-10-24(19)21(27)28/h5-8,19H,2-4,9-15H2,1H3,(H,27,28)/t19-/m1/s1. The maximum absolute atomic E-state index is 12.7. The van der Waals surface area contributed by atoms with Crippen LogP contribution in [0.15, 0.2) is 24.3 Å². The molecular formula is C21H29N3O5. The third kappa shape index (κ3) is 5.47. The lowest BCUT2D eigenvalue weighted by molar-refractivity contribution is -0.137. The summed E-state index contributed by atoms with van der Waals surface area (Å²) < 4.78 is 5.73. The number of hydrogen-bond acceptors (Lipinski definition) is 5. The first kappa shape index (κ1) is 21.1. The average molecular weight is 403 g/mol. The van der Waals surface area contributed by atoms with Gasteiger partial charge in [-0.15, -0.1) is 0 Å². The second kappa shape index (κ2) is 9.73. The maximum atomic E-state index is 12.7. The predicted molar refractivity (Wildman–Crippen MR) is 107 cm³/mol. The Hall–Kier alpha value is -2.61. The van der Waals surface area contributed by atoms with Crippen LogP contribution in [0, 0.1) is 0 Å². The molecule has 29 heavy (non-hydrogen) atoms. The molecule has 2 fully saturated rings. The van der Waals surface area contributed by atoms with E-state index in [1.165, 1.54) is 4.90 Å². The highest BCUT2D eigenvalue weighted by atomic mass is 16.5. The zero-order valence-electron chi connectivity index (χ0n) is 16.9. The number of carbonyl (C=O) groups is 3. The van der Waals surface area contributed by atoms with E-state index in [-0.39, 0.29) is 11.7 Å². The van der Waals surface area contributed by atoms with Crippen molar-refractivity contribution in [2.24, 2.45) is 0 Å². The average Bonchev–Trinajstić information content (AvgIpc) is 3.22. The van der Waals surface area contributed by atoms with Gasteiger partial charge in [0.1, 0.15) is 11.8 Å². The van der Waals surface area contributed by atoms with Gasteiger partial charge in [-0.25, -0.2) is 4.79 Å². The number of ketones is 1. The van der Waals surface area contributed by atoms with Crippen molar-refractivity contribution in [1.29, 1.82) is 0 Å². The molecule has 0 spiro atoms. The second-order valence-corrected chi connectivity index (χ2v) is 7.58. The molecule has 158 valence electrons. The van der Waals surface area contributed by atoms with E-state index in [2.05, 4.69) is 4.90 Å². The first-order valence-electron chi connectivity index (χ1n) is 10.2. The number of ether oxygens (including phenoxy) is 1. The number of carbonyl (C=O) groups excluding carboxylic acids is 2. The van der Waals surface area contributed by atoms with Crippen LogP contribution in [0.5, 0.6) is 5.75 Å². The minimum absolute atomic E-state index is 0.0396. The Morgan fingerprint density at radius 1 is 1.07 bits per heavy atom. The number of hydrogen-bond donors (Lipinski definition) is 1. The molecule has 2 saturated heterocycles. The Morgan fingerprint density at radius 3 is 2.38 bits per heavy atom. The highest BCUT2D eigenvalue weighted by Crippen LogP contribution is 2.20. The van der Waals surface area contributed by atoms with Gasteiger partial charge < -0.3 is 14.7 Å².